The second kappa shape index (κ2) is 9.20. The molecule has 0 atom stereocenters. The zero-order valence-corrected chi connectivity index (χ0v) is 19.9. The van der Waals surface area contributed by atoms with E-state index in [0.29, 0.717) is 25.7 Å². The van der Waals surface area contributed by atoms with Crippen molar-refractivity contribution in [3.05, 3.63) is 54.1 Å². The number of urea groups is 1. The Morgan fingerprint density at radius 3 is 2.03 bits per heavy atom. The molecular formula is C24H27F6N5O. The van der Waals surface area contributed by atoms with Crippen molar-refractivity contribution in [1.29, 1.82) is 0 Å². The third-order valence-electron chi connectivity index (χ3n) is 7.48. The van der Waals surface area contributed by atoms with E-state index in [9.17, 15) is 31.1 Å². The summed E-state index contributed by atoms with van der Waals surface area (Å²) < 4.78 is 78.1. The molecule has 1 aromatic heterocycles. The first-order valence-electron chi connectivity index (χ1n) is 11.6. The molecule has 2 fully saturated rings. The Labute approximate surface area is 204 Å². The molecule has 36 heavy (non-hydrogen) atoms. The van der Waals surface area contributed by atoms with Crippen molar-refractivity contribution in [3.8, 4) is 0 Å². The molecule has 1 spiro atoms. The molecule has 2 aliphatic rings. The third-order valence-corrected chi connectivity index (χ3v) is 7.48. The molecule has 2 amide bonds. The van der Waals surface area contributed by atoms with Crippen molar-refractivity contribution in [2.45, 2.75) is 55.5 Å². The van der Waals surface area contributed by atoms with E-state index in [0.717, 1.165) is 18.0 Å². The Kier molecular flexibility index (Phi) is 6.69. The van der Waals surface area contributed by atoms with Gasteiger partial charge in [-0.1, -0.05) is 30.3 Å². The lowest BCUT2D eigenvalue weighted by Gasteiger charge is -2.51. The van der Waals surface area contributed by atoms with Crippen LogP contribution in [0.2, 0.25) is 0 Å². The summed E-state index contributed by atoms with van der Waals surface area (Å²) in [7, 11) is 3.91. The van der Waals surface area contributed by atoms with Crippen LogP contribution in [0.4, 0.5) is 36.8 Å². The van der Waals surface area contributed by atoms with Crippen LogP contribution in [0.3, 0.4) is 0 Å². The Morgan fingerprint density at radius 2 is 1.53 bits per heavy atom. The highest BCUT2D eigenvalue weighted by molar-refractivity contribution is 5.95. The second-order valence-corrected chi connectivity index (χ2v) is 9.66. The minimum atomic E-state index is -4.75. The van der Waals surface area contributed by atoms with E-state index >= 15 is 0 Å². The maximum atomic E-state index is 13.3. The summed E-state index contributed by atoms with van der Waals surface area (Å²) in [4.78, 5) is 24.5. The van der Waals surface area contributed by atoms with E-state index in [1.807, 2.05) is 44.4 Å². The van der Waals surface area contributed by atoms with Crippen molar-refractivity contribution >= 4 is 11.7 Å². The van der Waals surface area contributed by atoms with Crippen LogP contribution in [0.5, 0.6) is 0 Å². The fourth-order valence-electron chi connectivity index (χ4n) is 5.48. The van der Waals surface area contributed by atoms with E-state index in [1.165, 1.54) is 9.80 Å². The number of alkyl halides is 6. The highest BCUT2D eigenvalue weighted by atomic mass is 19.4. The summed E-state index contributed by atoms with van der Waals surface area (Å²) in [6.07, 6.45) is -6.54. The maximum Gasteiger partial charge on any atom is 0.451 e. The predicted molar refractivity (Wildman–Crippen MR) is 120 cm³/mol. The molecule has 0 N–H and O–H groups in total. The number of benzene rings is 1. The summed E-state index contributed by atoms with van der Waals surface area (Å²) in [5, 5.41) is 0. The van der Waals surface area contributed by atoms with Crippen LogP contribution < -0.4 is 4.90 Å². The van der Waals surface area contributed by atoms with E-state index < -0.39 is 42.7 Å². The topological polar surface area (TPSA) is 52.6 Å². The first kappa shape index (κ1) is 26.2. The smallest absolute Gasteiger partial charge is 0.317 e. The van der Waals surface area contributed by atoms with Gasteiger partial charge < -0.3 is 4.90 Å². The number of amides is 2. The van der Waals surface area contributed by atoms with Crippen molar-refractivity contribution in [3.63, 3.8) is 0 Å². The number of hydrogen-bond acceptors (Lipinski definition) is 4. The van der Waals surface area contributed by atoms with Crippen LogP contribution in [0.15, 0.2) is 42.7 Å². The lowest BCUT2D eigenvalue weighted by molar-refractivity contribution is -0.145. The standard InChI is InChI=1S/C24H27F6N5O/c1-33(2)22(17-6-4-3-5-7-17)10-8-21(9-11-22)16-34(20(36)35(21)13-12-23(25,26)27)18-14-31-19(32-15-18)24(28,29)30/h3-7,14-15H,8-13,16H2,1-2H3/t21-,22+. The summed E-state index contributed by atoms with van der Waals surface area (Å²) in [6.45, 7) is -0.475. The molecule has 1 saturated heterocycles. The number of halogens is 6. The van der Waals surface area contributed by atoms with Gasteiger partial charge in [-0.15, -0.1) is 0 Å². The van der Waals surface area contributed by atoms with Crippen LogP contribution >= 0.6 is 0 Å². The number of rotatable bonds is 5. The van der Waals surface area contributed by atoms with E-state index in [-0.39, 0.29) is 17.8 Å². The Balaban J connectivity index is 1.64. The lowest BCUT2D eigenvalue weighted by Crippen LogP contribution is -2.55. The fourth-order valence-corrected chi connectivity index (χ4v) is 5.48. The molecule has 2 heterocycles. The van der Waals surface area contributed by atoms with Crippen molar-refractivity contribution in [2.75, 3.05) is 32.1 Å². The zero-order chi connectivity index (χ0) is 26.4. The Bertz CT molecular complexity index is 1060. The number of anilines is 1. The largest absolute Gasteiger partial charge is 0.451 e. The van der Waals surface area contributed by atoms with Gasteiger partial charge in [-0.05, 0) is 45.3 Å². The third kappa shape index (κ3) is 4.87. The van der Waals surface area contributed by atoms with Gasteiger partial charge in [0.2, 0.25) is 5.82 Å². The number of aromatic nitrogens is 2. The molecule has 0 radical (unpaired) electrons. The molecule has 0 bridgehead atoms. The molecule has 1 aromatic carbocycles. The van der Waals surface area contributed by atoms with Crippen molar-refractivity contribution in [2.24, 2.45) is 0 Å². The average molecular weight is 516 g/mol. The number of carbonyl (C=O) groups is 1. The van der Waals surface area contributed by atoms with Gasteiger partial charge in [-0.25, -0.2) is 14.8 Å². The highest BCUT2D eigenvalue weighted by Crippen LogP contribution is 2.49. The Hall–Kier alpha value is -2.89. The molecule has 12 heteroatoms. The maximum absolute atomic E-state index is 13.3. The minimum absolute atomic E-state index is 0.0226. The molecule has 1 aliphatic carbocycles. The van der Waals surface area contributed by atoms with Crippen LogP contribution in [-0.4, -0.2) is 64.7 Å². The second-order valence-electron chi connectivity index (χ2n) is 9.66. The minimum Gasteiger partial charge on any atom is -0.317 e. The lowest BCUT2D eigenvalue weighted by atomic mass is 9.68. The molecule has 0 unspecified atom stereocenters. The number of carbonyl (C=O) groups excluding carboxylic acids is 1. The highest BCUT2D eigenvalue weighted by Gasteiger charge is 2.55. The normalized spacial score (nSPS) is 25.3. The molecule has 2 aromatic rings. The van der Waals surface area contributed by atoms with Crippen LogP contribution in [0.25, 0.3) is 0 Å². The predicted octanol–water partition coefficient (Wildman–Crippen LogP) is 5.46. The number of nitrogens with zero attached hydrogens (tertiary/aromatic N) is 5. The summed E-state index contributed by atoms with van der Waals surface area (Å²) in [6, 6.07) is 9.14. The monoisotopic (exact) mass is 515 g/mol. The molecule has 1 aliphatic heterocycles. The van der Waals surface area contributed by atoms with Crippen LogP contribution in [0.1, 0.15) is 43.5 Å². The van der Waals surface area contributed by atoms with Crippen LogP contribution in [0, 0.1) is 0 Å². The summed E-state index contributed by atoms with van der Waals surface area (Å²) in [5.41, 5.74) is -0.131. The van der Waals surface area contributed by atoms with E-state index in [2.05, 4.69) is 14.9 Å². The molecule has 1 saturated carbocycles. The summed E-state index contributed by atoms with van der Waals surface area (Å²) >= 11 is 0. The Morgan fingerprint density at radius 1 is 0.944 bits per heavy atom. The van der Waals surface area contributed by atoms with Crippen molar-refractivity contribution in [1.82, 2.24) is 19.8 Å². The van der Waals surface area contributed by atoms with Gasteiger partial charge in [0, 0.05) is 12.1 Å². The van der Waals surface area contributed by atoms with Gasteiger partial charge in [0.1, 0.15) is 0 Å². The molecular weight excluding hydrogens is 488 g/mol. The van der Waals surface area contributed by atoms with Gasteiger partial charge in [-0.3, -0.25) is 9.80 Å². The van der Waals surface area contributed by atoms with E-state index in [1.54, 1.807) is 0 Å². The molecule has 6 nitrogen and oxygen atoms in total. The first-order chi connectivity index (χ1) is 16.8. The van der Waals surface area contributed by atoms with E-state index in [4.69, 9.17) is 0 Å². The number of hydrogen-bond donors (Lipinski definition) is 0. The van der Waals surface area contributed by atoms with Gasteiger partial charge >= 0.3 is 18.4 Å². The van der Waals surface area contributed by atoms with Gasteiger partial charge in [0.15, 0.2) is 0 Å². The fraction of sp³-hybridized carbons (Fsp3) is 0.542. The molecule has 196 valence electrons. The van der Waals surface area contributed by atoms with Gasteiger partial charge in [-0.2, -0.15) is 26.3 Å². The van der Waals surface area contributed by atoms with Crippen LogP contribution in [-0.2, 0) is 11.7 Å². The van der Waals surface area contributed by atoms with Gasteiger partial charge in [0.05, 0.1) is 36.6 Å². The molecule has 4 rings (SSSR count). The summed E-state index contributed by atoms with van der Waals surface area (Å²) in [5.74, 6) is -1.35. The van der Waals surface area contributed by atoms with Crippen molar-refractivity contribution < 1.29 is 31.1 Å². The van der Waals surface area contributed by atoms with Gasteiger partial charge in [0.25, 0.3) is 0 Å². The quantitative estimate of drug-likeness (QED) is 0.497. The SMILES string of the molecule is CN(C)[C@]1(c2ccccc2)CC[C@]2(CC1)CN(c1cnc(C(F)(F)F)nc1)C(=O)N2CCC(F)(F)F. The first-order valence-corrected chi connectivity index (χ1v) is 11.6. The zero-order valence-electron chi connectivity index (χ0n) is 19.9. The average Bonchev–Trinajstić information content (AvgIpc) is 3.09.